The fourth-order valence-electron chi connectivity index (χ4n) is 2.83. The van der Waals surface area contributed by atoms with Gasteiger partial charge in [-0.15, -0.1) is 0 Å². The number of aromatic amines is 1. The molecular weight excluding hydrogens is 344 g/mol. The van der Waals surface area contributed by atoms with Gasteiger partial charge in [0.15, 0.2) is 5.16 Å². The number of thioether (sulfide) groups is 1. The van der Waals surface area contributed by atoms with Gasteiger partial charge in [-0.05, 0) is 6.42 Å². The number of nitrogens with zero attached hydrogens (tertiary/aromatic N) is 2. The molecule has 8 nitrogen and oxygen atoms in total. The maximum atomic E-state index is 12.6. The third-order valence-corrected chi connectivity index (χ3v) is 4.96. The molecule has 1 unspecified atom stereocenters. The number of hydrogen-bond donors (Lipinski definition) is 2. The van der Waals surface area contributed by atoms with Crippen LogP contribution in [0.4, 0.5) is 11.5 Å². The minimum Gasteiger partial charge on any atom is -0.310 e. The van der Waals surface area contributed by atoms with Gasteiger partial charge in [0.1, 0.15) is 5.82 Å². The summed E-state index contributed by atoms with van der Waals surface area (Å²) in [6, 6.07) is 6.15. The van der Waals surface area contributed by atoms with E-state index in [9.17, 15) is 19.7 Å². The van der Waals surface area contributed by atoms with Crippen LogP contribution in [0, 0.1) is 10.1 Å². The number of carbonyl (C=O) groups is 1. The van der Waals surface area contributed by atoms with Gasteiger partial charge in [-0.3, -0.25) is 19.7 Å². The third kappa shape index (κ3) is 3.41. The molecule has 1 amide bonds. The first-order chi connectivity index (χ1) is 12.0. The van der Waals surface area contributed by atoms with Crippen LogP contribution in [0.2, 0.25) is 0 Å². The summed E-state index contributed by atoms with van der Waals surface area (Å²) in [6.45, 7) is 2.01. The summed E-state index contributed by atoms with van der Waals surface area (Å²) in [5.41, 5.74) is 0.100. The Bertz CT molecular complexity index is 896. The van der Waals surface area contributed by atoms with E-state index in [1.807, 2.05) is 6.92 Å². The van der Waals surface area contributed by atoms with Crippen molar-refractivity contribution in [2.45, 2.75) is 30.8 Å². The Morgan fingerprint density at radius 2 is 2.12 bits per heavy atom. The van der Waals surface area contributed by atoms with Crippen LogP contribution in [-0.2, 0) is 4.79 Å². The van der Waals surface area contributed by atoms with Crippen molar-refractivity contribution < 1.29 is 9.72 Å². The predicted octanol–water partition coefficient (Wildman–Crippen LogP) is 2.65. The van der Waals surface area contributed by atoms with E-state index in [4.69, 9.17) is 0 Å². The number of aromatic nitrogens is 2. The second-order valence-electron chi connectivity index (χ2n) is 5.60. The van der Waals surface area contributed by atoms with Crippen LogP contribution in [0.15, 0.2) is 34.2 Å². The minimum atomic E-state index is -0.702. The van der Waals surface area contributed by atoms with Gasteiger partial charge >= 0.3 is 0 Å². The molecule has 1 aliphatic heterocycles. The molecule has 130 valence electrons. The van der Waals surface area contributed by atoms with Gasteiger partial charge in [0.05, 0.1) is 10.5 Å². The number of nitrogens with one attached hydrogen (secondary N) is 2. The van der Waals surface area contributed by atoms with Crippen LogP contribution in [0.3, 0.4) is 0 Å². The fourth-order valence-corrected chi connectivity index (χ4v) is 3.55. The van der Waals surface area contributed by atoms with Gasteiger partial charge in [0.2, 0.25) is 5.91 Å². The molecule has 2 aromatic rings. The molecule has 0 saturated carbocycles. The first-order valence-electron chi connectivity index (χ1n) is 7.81. The van der Waals surface area contributed by atoms with Crippen LogP contribution < -0.4 is 10.9 Å². The SMILES string of the molecule is CCCSc1nc2c(c(=O)[nH]1)C(c1ccccc1[N+](=O)[O-])CC(=O)N2. The molecule has 2 N–H and O–H groups in total. The summed E-state index contributed by atoms with van der Waals surface area (Å²) in [6.07, 6.45) is 0.876. The number of nitro benzene ring substituents is 1. The normalized spacial score (nSPS) is 16.2. The quantitative estimate of drug-likeness (QED) is 0.366. The van der Waals surface area contributed by atoms with Gasteiger partial charge in [0, 0.05) is 29.7 Å². The van der Waals surface area contributed by atoms with E-state index in [0.29, 0.717) is 10.7 Å². The average molecular weight is 360 g/mol. The number of rotatable bonds is 5. The molecule has 0 fully saturated rings. The number of hydrogen-bond acceptors (Lipinski definition) is 6. The molecule has 9 heteroatoms. The number of nitro groups is 1. The summed E-state index contributed by atoms with van der Waals surface area (Å²) >= 11 is 1.39. The lowest BCUT2D eigenvalue weighted by Crippen LogP contribution is -2.31. The first-order valence-corrected chi connectivity index (χ1v) is 8.80. The Morgan fingerprint density at radius 1 is 1.36 bits per heavy atom. The Balaban J connectivity index is 2.13. The molecule has 2 heterocycles. The smallest absolute Gasteiger partial charge is 0.273 e. The van der Waals surface area contributed by atoms with E-state index >= 15 is 0 Å². The Kier molecular flexibility index (Phi) is 4.84. The molecule has 0 bridgehead atoms. The van der Waals surface area contributed by atoms with Crippen molar-refractivity contribution in [2.75, 3.05) is 11.1 Å². The number of carbonyl (C=O) groups excluding carboxylic acids is 1. The van der Waals surface area contributed by atoms with Crippen LogP contribution in [0.25, 0.3) is 0 Å². The average Bonchev–Trinajstić information content (AvgIpc) is 2.58. The third-order valence-electron chi connectivity index (χ3n) is 3.88. The molecule has 1 aromatic carbocycles. The Labute approximate surface area is 147 Å². The van der Waals surface area contributed by atoms with Crippen molar-refractivity contribution in [2.24, 2.45) is 0 Å². The van der Waals surface area contributed by atoms with Crippen molar-refractivity contribution in [3.05, 3.63) is 55.9 Å². The molecule has 0 spiro atoms. The lowest BCUT2D eigenvalue weighted by atomic mass is 9.86. The molecule has 1 aliphatic rings. The van der Waals surface area contributed by atoms with E-state index in [-0.39, 0.29) is 35.0 Å². The summed E-state index contributed by atoms with van der Waals surface area (Å²) in [5.74, 6) is -0.0581. The number of amides is 1. The van der Waals surface area contributed by atoms with Gasteiger partial charge in [-0.2, -0.15) is 0 Å². The molecule has 0 radical (unpaired) electrons. The highest BCUT2D eigenvalue weighted by Gasteiger charge is 2.34. The van der Waals surface area contributed by atoms with Crippen LogP contribution in [0.5, 0.6) is 0 Å². The second-order valence-corrected chi connectivity index (χ2v) is 6.69. The standard InChI is InChI=1S/C16H16N4O4S/c1-2-7-25-16-18-14-13(15(22)19-16)10(8-12(21)17-14)9-5-3-4-6-11(9)20(23)24/h3-6,10H,2,7-8H2,1H3,(H2,17,18,19,21,22). The van der Waals surface area contributed by atoms with Crippen molar-refractivity contribution in [3.8, 4) is 0 Å². The molecule has 1 aromatic heterocycles. The lowest BCUT2D eigenvalue weighted by molar-refractivity contribution is -0.385. The van der Waals surface area contributed by atoms with E-state index in [0.717, 1.165) is 12.2 Å². The largest absolute Gasteiger partial charge is 0.310 e. The number of H-pyrrole nitrogens is 1. The van der Waals surface area contributed by atoms with Crippen LogP contribution in [0.1, 0.15) is 36.8 Å². The van der Waals surface area contributed by atoms with E-state index in [1.165, 1.54) is 17.8 Å². The van der Waals surface area contributed by atoms with E-state index < -0.39 is 10.8 Å². The summed E-state index contributed by atoms with van der Waals surface area (Å²) < 4.78 is 0. The maximum Gasteiger partial charge on any atom is 0.273 e. The lowest BCUT2D eigenvalue weighted by Gasteiger charge is -2.24. The van der Waals surface area contributed by atoms with Gasteiger partial charge in [0.25, 0.3) is 11.2 Å². The van der Waals surface area contributed by atoms with E-state index in [1.54, 1.807) is 18.2 Å². The Hall–Kier alpha value is -2.68. The van der Waals surface area contributed by atoms with Crippen molar-refractivity contribution in [1.29, 1.82) is 0 Å². The Morgan fingerprint density at radius 3 is 2.84 bits per heavy atom. The number of para-hydroxylation sites is 1. The molecule has 0 saturated heterocycles. The predicted molar refractivity (Wildman–Crippen MR) is 94.1 cm³/mol. The highest BCUT2D eigenvalue weighted by atomic mass is 32.2. The fraction of sp³-hybridized carbons (Fsp3) is 0.312. The zero-order chi connectivity index (χ0) is 18.0. The van der Waals surface area contributed by atoms with Gasteiger partial charge in [-0.1, -0.05) is 36.9 Å². The molecule has 25 heavy (non-hydrogen) atoms. The summed E-state index contributed by atoms with van der Waals surface area (Å²) in [5, 5.41) is 14.4. The maximum absolute atomic E-state index is 12.6. The highest BCUT2D eigenvalue weighted by Crippen LogP contribution is 2.38. The summed E-state index contributed by atoms with van der Waals surface area (Å²) in [4.78, 5) is 42.5. The zero-order valence-corrected chi connectivity index (χ0v) is 14.3. The minimum absolute atomic E-state index is 0.0376. The number of fused-ring (bicyclic) bond motifs is 1. The number of benzene rings is 1. The van der Waals surface area contributed by atoms with Crippen molar-refractivity contribution in [1.82, 2.24) is 9.97 Å². The van der Waals surface area contributed by atoms with Crippen molar-refractivity contribution >= 4 is 29.2 Å². The van der Waals surface area contributed by atoms with Crippen LogP contribution >= 0.6 is 11.8 Å². The second kappa shape index (κ2) is 7.06. The van der Waals surface area contributed by atoms with Gasteiger partial charge < -0.3 is 10.3 Å². The monoisotopic (exact) mass is 360 g/mol. The number of anilines is 1. The first kappa shape index (κ1) is 17.2. The molecule has 3 rings (SSSR count). The summed E-state index contributed by atoms with van der Waals surface area (Å²) in [7, 11) is 0. The zero-order valence-electron chi connectivity index (χ0n) is 13.4. The van der Waals surface area contributed by atoms with Gasteiger partial charge in [-0.25, -0.2) is 4.98 Å². The highest BCUT2D eigenvalue weighted by molar-refractivity contribution is 7.99. The van der Waals surface area contributed by atoms with E-state index in [2.05, 4.69) is 15.3 Å². The topological polar surface area (TPSA) is 118 Å². The molecule has 0 aliphatic carbocycles. The van der Waals surface area contributed by atoms with Crippen molar-refractivity contribution in [3.63, 3.8) is 0 Å². The van der Waals surface area contributed by atoms with Crippen LogP contribution in [-0.4, -0.2) is 26.6 Å². The molecular formula is C16H16N4O4S. The molecule has 1 atom stereocenters.